The molecule has 0 atom stereocenters. The van der Waals surface area contributed by atoms with Gasteiger partial charge < -0.3 is 9.47 Å². The second kappa shape index (κ2) is 7.99. The molecule has 0 saturated heterocycles. The van der Waals surface area contributed by atoms with Gasteiger partial charge in [-0.1, -0.05) is 18.2 Å². The molecule has 0 spiro atoms. The highest BCUT2D eigenvalue weighted by atomic mass is 35.5. The van der Waals surface area contributed by atoms with Crippen molar-refractivity contribution in [3.8, 4) is 5.75 Å². The van der Waals surface area contributed by atoms with E-state index in [0.29, 0.717) is 25.3 Å². The number of carbonyl (C=O) groups is 1. The highest BCUT2D eigenvalue weighted by molar-refractivity contribution is 6.17. The predicted octanol–water partition coefficient (Wildman–Crippen LogP) is 2.63. The molecule has 0 radical (unpaired) electrons. The van der Waals surface area contributed by atoms with Gasteiger partial charge in [0.05, 0.1) is 0 Å². The predicted molar refractivity (Wildman–Crippen MR) is 62.9 cm³/mol. The van der Waals surface area contributed by atoms with Crippen molar-refractivity contribution < 1.29 is 14.3 Å². The first-order valence-corrected chi connectivity index (χ1v) is 5.76. The molecule has 0 saturated carbocycles. The summed E-state index contributed by atoms with van der Waals surface area (Å²) in [5, 5.41) is 0. The molecule has 1 rings (SSSR count). The van der Waals surface area contributed by atoms with Crippen molar-refractivity contribution in [3.05, 3.63) is 30.3 Å². The lowest BCUT2D eigenvalue weighted by molar-refractivity contribution is -0.144. The third-order valence-corrected chi connectivity index (χ3v) is 2.14. The lowest BCUT2D eigenvalue weighted by atomic mass is 10.3. The number of hydrogen-bond donors (Lipinski definition) is 0. The quantitative estimate of drug-likeness (QED) is 0.419. The van der Waals surface area contributed by atoms with Gasteiger partial charge in [0.15, 0.2) is 0 Å². The maximum absolute atomic E-state index is 11.1. The number of para-hydroxylation sites is 1. The van der Waals surface area contributed by atoms with Crippen molar-refractivity contribution in [1.82, 2.24) is 0 Å². The van der Waals surface area contributed by atoms with Crippen LogP contribution in [0, 0.1) is 0 Å². The zero-order valence-electron chi connectivity index (χ0n) is 9.02. The first-order chi connectivity index (χ1) is 7.83. The molecule has 0 unspecified atom stereocenters. The average molecular weight is 243 g/mol. The van der Waals surface area contributed by atoms with E-state index in [-0.39, 0.29) is 12.6 Å². The van der Waals surface area contributed by atoms with Gasteiger partial charge in [-0.2, -0.15) is 0 Å². The summed E-state index contributed by atoms with van der Waals surface area (Å²) in [5.41, 5.74) is 0. The molecule has 0 aliphatic heterocycles. The van der Waals surface area contributed by atoms with E-state index in [1.54, 1.807) is 0 Å². The van der Waals surface area contributed by atoms with Crippen LogP contribution >= 0.6 is 11.6 Å². The van der Waals surface area contributed by atoms with Gasteiger partial charge in [-0.25, -0.2) is 0 Å². The first kappa shape index (κ1) is 12.8. The maximum atomic E-state index is 11.1. The van der Waals surface area contributed by atoms with Gasteiger partial charge in [-0.15, -0.1) is 11.6 Å². The lowest BCUT2D eigenvalue weighted by Crippen LogP contribution is -2.12. The average Bonchev–Trinajstić information content (AvgIpc) is 2.33. The molecule has 1 aromatic rings. The first-order valence-electron chi connectivity index (χ1n) is 5.22. The zero-order valence-corrected chi connectivity index (χ0v) is 9.78. The monoisotopic (exact) mass is 242 g/mol. The van der Waals surface area contributed by atoms with E-state index in [1.807, 2.05) is 30.3 Å². The Morgan fingerprint density at radius 2 is 1.94 bits per heavy atom. The van der Waals surface area contributed by atoms with Gasteiger partial charge in [0.2, 0.25) is 0 Å². The fraction of sp³-hybridized carbons (Fsp3) is 0.417. The Hall–Kier alpha value is -1.22. The van der Waals surface area contributed by atoms with E-state index < -0.39 is 0 Å². The Balaban J connectivity index is 2.06. The molecule has 0 N–H and O–H groups in total. The minimum atomic E-state index is -0.225. The molecule has 1 aromatic carbocycles. The van der Waals surface area contributed by atoms with Crippen molar-refractivity contribution in [2.75, 3.05) is 19.1 Å². The number of halogens is 1. The van der Waals surface area contributed by atoms with Crippen LogP contribution in [0.3, 0.4) is 0 Å². The van der Waals surface area contributed by atoms with E-state index in [4.69, 9.17) is 21.1 Å². The Labute approximate surface area is 100 Å². The minimum absolute atomic E-state index is 0.225. The zero-order chi connectivity index (χ0) is 11.6. The Bertz CT molecular complexity index is 300. The molecule has 0 bridgehead atoms. The van der Waals surface area contributed by atoms with Crippen molar-refractivity contribution in [3.63, 3.8) is 0 Å². The fourth-order valence-corrected chi connectivity index (χ4v) is 1.25. The molecule has 4 heteroatoms. The minimum Gasteiger partial charge on any atom is -0.490 e. The molecule has 88 valence electrons. The molecule has 0 aliphatic rings. The van der Waals surface area contributed by atoms with Crippen LogP contribution in [0.4, 0.5) is 0 Å². The van der Waals surface area contributed by atoms with Crippen LogP contribution < -0.4 is 4.74 Å². The van der Waals surface area contributed by atoms with Crippen LogP contribution in [0.15, 0.2) is 30.3 Å². The summed E-state index contributed by atoms with van der Waals surface area (Å²) in [7, 11) is 0. The van der Waals surface area contributed by atoms with Gasteiger partial charge >= 0.3 is 5.97 Å². The van der Waals surface area contributed by atoms with Crippen molar-refractivity contribution >= 4 is 17.6 Å². The van der Waals surface area contributed by atoms with Crippen molar-refractivity contribution in [2.24, 2.45) is 0 Å². The fourth-order valence-electron chi connectivity index (χ4n) is 1.12. The van der Waals surface area contributed by atoms with Gasteiger partial charge in [-0.05, 0) is 18.6 Å². The van der Waals surface area contributed by atoms with E-state index in [0.717, 1.165) is 5.75 Å². The third kappa shape index (κ3) is 5.61. The number of rotatable bonds is 7. The summed E-state index contributed by atoms with van der Waals surface area (Å²) in [5.74, 6) is 1.03. The molecular formula is C12H15ClO3. The summed E-state index contributed by atoms with van der Waals surface area (Å²) in [6, 6.07) is 9.41. The van der Waals surface area contributed by atoms with Crippen LogP contribution in [0.5, 0.6) is 5.75 Å². The number of esters is 1. The molecule has 16 heavy (non-hydrogen) atoms. The van der Waals surface area contributed by atoms with Crippen LogP contribution in [-0.2, 0) is 9.53 Å². The van der Waals surface area contributed by atoms with E-state index in [1.165, 1.54) is 0 Å². The SMILES string of the molecule is O=C(CCCCl)OCCOc1ccccc1. The summed E-state index contributed by atoms with van der Waals surface area (Å²) in [6.45, 7) is 0.645. The van der Waals surface area contributed by atoms with Gasteiger partial charge in [0.1, 0.15) is 19.0 Å². The molecule has 0 heterocycles. The van der Waals surface area contributed by atoms with Gasteiger partial charge in [0.25, 0.3) is 0 Å². The number of hydrogen-bond acceptors (Lipinski definition) is 3. The standard InChI is InChI=1S/C12H15ClO3/c13-8-4-7-12(14)16-10-9-15-11-5-2-1-3-6-11/h1-3,5-6H,4,7-10H2. The number of ether oxygens (including phenoxy) is 2. The van der Waals surface area contributed by atoms with Crippen molar-refractivity contribution in [2.45, 2.75) is 12.8 Å². The van der Waals surface area contributed by atoms with E-state index >= 15 is 0 Å². The van der Waals surface area contributed by atoms with Crippen LogP contribution in [0.25, 0.3) is 0 Å². The number of alkyl halides is 1. The van der Waals surface area contributed by atoms with Crippen LogP contribution in [-0.4, -0.2) is 25.1 Å². The Kier molecular flexibility index (Phi) is 6.42. The maximum Gasteiger partial charge on any atom is 0.305 e. The number of benzene rings is 1. The molecule has 0 aromatic heterocycles. The van der Waals surface area contributed by atoms with Crippen LogP contribution in [0.2, 0.25) is 0 Å². The van der Waals surface area contributed by atoms with Gasteiger partial charge in [-0.3, -0.25) is 4.79 Å². The molecule has 0 aliphatic carbocycles. The second-order valence-corrected chi connectivity index (χ2v) is 3.55. The normalized spacial score (nSPS) is 9.81. The topological polar surface area (TPSA) is 35.5 Å². The molecule has 0 fully saturated rings. The van der Waals surface area contributed by atoms with Crippen molar-refractivity contribution in [1.29, 1.82) is 0 Å². The molecular weight excluding hydrogens is 228 g/mol. The van der Waals surface area contributed by atoms with E-state index in [2.05, 4.69) is 0 Å². The highest BCUT2D eigenvalue weighted by Gasteiger charge is 2.01. The van der Waals surface area contributed by atoms with E-state index in [9.17, 15) is 4.79 Å². The number of carbonyl (C=O) groups excluding carboxylic acids is 1. The third-order valence-electron chi connectivity index (χ3n) is 1.87. The second-order valence-electron chi connectivity index (χ2n) is 3.17. The summed E-state index contributed by atoms with van der Waals surface area (Å²) in [4.78, 5) is 11.1. The summed E-state index contributed by atoms with van der Waals surface area (Å²) < 4.78 is 10.3. The highest BCUT2D eigenvalue weighted by Crippen LogP contribution is 2.07. The Morgan fingerprint density at radius 1 is 1.19 bits per heavy atom. The van der Waals surface area contributed by atoms with Gasteiger partial charge in [0, 0.05) is 12.3 Å². The van der Waals surface area contributed by atoms with Crippen LogP contribution in [0.1, 0.15) is 12.8 Å². The smallest absolute Gasteiger partial charge is 0.305 e. The molecule has 3 nitrogen and oxygen atoms in total. The molecule has 0 amide bonds. The summed E-state index contributed by atoms with van der Waals surface area (Å²) in [6.07, 6.45) is 1.02. The lowest BCUT2D eigenvalue weighted by Gasteiger charge is -2.06. The Morgan fingerprint density at radius 3 is 2.62 bits per heavy atom. The summed E-state index contributed by atoms with van der Waals surface area (Å²) >= 11 is 5.45. The largest absolute Gasteiger partial charge is 0.490 e.